The van der Waals surface area contributed by atoms with E-state index in [0.717, 1.165) is 18.8 Å². The smallest absolute Gasteiger partial charge is 0.220 e. The standard InChI is InChI=1S/C12H23NO2/c1-2-10-5-7-11(8-6-10)13-12(15)4-3-9-14/h10-11,14H,2-9H2,1H3,(H,13,15). The Balaban J connectivity index is 2.15. The van der Waals surface area contributed by atoms with E-state index in [0.29, 0.717) is 18.9 Å². The molecule has 0 aliphatic heterocycles. The van der Waals surface area contributed by atoms with Crippen molar-refractivity contribution in [2.75, 3.05) is 6.61 Å². The van der Waals surface area contributed by atoms with Crippen molar-refractivity contribution in [2.24, 2.45) is 5.92 Å². The second-order valence-electron chi connectivity index (χ2n) is 4.52. The summed E-state index contributed by atoms with van der Waals surface area (Å²) >= 11 is 0. The number of rotatable bonds is 5. The number of carbonyl (C=O) groups is 1. The summed E-state index contributed by atoms with van der Waals surface area (Å²) in [4.78, 5) is 11.4. The fourth-order valence-electron chi connectivity index (χ4n) is 2.25. The van der Waals surface area contributed by atoms with Crippen molar-refractivity contribution in [2.45, 2.75) is 57.9 Å². The summed E-state index contributed by atoms with van der Waals surface area (Å²) in [5.74, 6) is 0.972. The van der Waals surface area contributed by atoms with Crippen LogP contribution in [-0.4, -0.2) is 23.7 Å². The van der Waals surface area contributed by atoms with Gasteiger partial charge in [0.15, 0.2) is 0 Å². The number of carbonyl (C=O) groups excluding carboxylic acids is 1. The summed E-state index contributed by atoms with van der Waals surface area (Å²) in [5.41, 5.74) is 0. The molecule has 1 rings (SSSR count). The molecule has 88 valence electrons. The van der Waals surface area contributed by atoms with Crippen molar-refractivity contribution in [1.29, 1.82) is 0 Å². The summed E-state index contributed by atoms with van der Waals surface area (Å²) in [5, 5.41) is 11.7. The number of hydrogen-bond donors (Lipinski definition) is 2. The van der Waals surface area contributed by atoms with E-state index >= 15 is 0 Å². The van der Waals surface area contributed by atoms with Crippen molar-refractivity contribution in [3.8, 4) is 0 Å². The summed E-state index contributed by atoms with van der Waals surface area (Å²) in [7, 11) is 0. The maximum absolute atomic E-state index is 11.4. The van der Waals surface area contributed by atoms with Crippen LogP contribution >= 0.6 is 0 Å². The SMILES string of the molecule is CCC1CCC(NC(=O)CCCO)CC1. The Bertz CT molecular complexity index is 186. The topological polar surface area (TPSA) is 49.3 Å². The van der Waals surface area contributed by atoms with E-state index in [2.05, 4.69) is 12.2 Å². The fourth-order valence-corrected chi connectivity index (χ4v) is 2.25. The van der Waals surface area contributed by atoms with E-state index in [9.17, 15) is 4.79 Å². The molecule has 0 saturated heterocycles. The molecule has 0 atom stereocenters. The highest BCUT2D eigenvalue weighted by Gasteiger charge is 2.20. The second kappa shape index (κ2) is 6.83. The molecular weight excluding hydrogens is 190 g/mol. The molecule has 0 spiro atoms. The molecule has 1 aliphatic rings. The van der Waals surface area contributed by atoms with Gasteiger partial charge in [0, 0.05) is 19.1 Å². The van der Waals surface area contributed by atoms with Gasteiger partial charge in [-0.1, -0.05) is 13.3 Å². The molecule has 1 aliphatic carbocycles. The number of amides is 1. The fraction of sp³-hybridized carbons (Fsp3) is 0.917. The number of hydrogen-bond acceptors (Lipinski definition) is 2. The predicted molar refractivity (Wildman–Crippen MR) is 60.5 cm³/mol. The zero-order valence-electron chi connectivity index (χ0n) is 9.67. The van der Waals surface area contributed by atoms with Crippen LogP contribution in [0.5, 0.6) is 0 Å². The van der Waals surface area contributed by atoms with Crippen molar-refractivity contribution < 1.29 is 9.90 Å². The Morgan fingerprint density at radius 2 is 2.00 bits per heavy atom. The highest BCUT2D eigenvalue weighted by atomic mass is 16.3. The van der Waals surface area contributed by atoms with Gasteiger partial charge in [-0.25, -0.2) is 0 Å². The van der Waals surface area contributed by atoms with Crippen molar-refractivity contribution in [3.05, 3.63) is 0 Å². The minimum atomic E-state index is 0.101. The molecule has 0 radical (unpaired) electrons. The lowest BCUT2D eigenvalue weighted by Gasteiger charge is -2.28. The number of aliphatic hydroxyl groups excluding tert-OH is 1. The van der Waals surface area contributed by atoms with Crippen LogP contribution in [0.25, 0.3) is 0 Å². The quantitative estimate of drug-likeness (QED) is 0.732. The molecule has 2 N–H and O–H groups in total. The summed E-state index contributed by atoms with van der Waals surface area (Å²) < 4.78 is 0. The van der Waals surface area contributed by atoms with Gasteiger partial charge < -0.3 is 10.4 Å². The molecule has 15 heavy (non-hydrogen) atoms. The molecule has 0 heterocycles. The molecule has 0 unspecified atom stereocenters. The van der Waals surface area contributed by atoms with Crippen LogP contribution in [0.4, 0.5) is 0 Å². The number of nitrogens with one attached hydrogen (secondary N) is 1. The van der Waals surface area contributed by atoms with Gasteiger partial charge in [-0.3, -0.25) is 4.79 Å². The average Bonchev–Trinajstić information content (AvgIpc) is 2.27. The third kappa shape index (κ3) is 4.65. The van der Waals surface area contributed by atoms with Gasteiger partial charge in [-0.15, -0.1) is 0 Å². The maximum atomic E-state index is 11.4. The Labute approximate surface area is 92.3 Å². The predicted octanol–water partition coefficient (Wildman–Crippen LogP) is 1.84. The van der Waals surface area contributed by atoms with E-state index < -0.39 is 0 Å². The van der Waals surface area contributed by atoms with Crippen LogP contribution in [0.15, 0.2) is 0 Å². The zero-order valence-corrected chi connectivity index (χ0v) is 9.67. The van der Waals surface area contributed by atoms with E-state index in [1.807, 2.05) is 0 Å². The first-order valence-electron chi connectivity index (χ1n) is 6.16. The van der Waals surface area contributed by atoms with Crippen molar-refractivity contribution in [1.82, 2.24) is 5.32 Å². The minimum absolute atomic E-state index is 0.101. The normalized spacial score (nSPS) is 26.3. The highest BCUT2D eigenvalue weighted by Crippen LogP contribution is 2.26. The minimum Gasteiger partial charge on any atom is -0.396 e. The molecule has 0 aromatic rings. The van der Waals surface area contributed by atoms with Crippen molar-refractivity contribution in [3.63, 3.8) is 0 Å². The highest BCUT2D eigenvalue weighted by molar-refractivity contribution is 5.76. The lowest BCUT2D eigenvalue weighted by molar-refractivity contribution is -0.122. The lowest BCUT2D eigenvalue weighted by atomic mass is 9.84. The Kier molecular flexibility index (Phi) is 5.69. The second-order valence-corrected chi connectivity index (χ2v) is 4.52. The Hall–Kier alpha value is -0.570. The first-order valence-corrected chi connectivity index (χ1v) is 6.16. The molecule has 3 heteroatoms. The van der Waals surface area contributed by atoms with Crippen molar-refractivity contribution >= 4 is 5.91 Å². The van der Waals surface area contributed by atoms with E-state index in [-0.39, 0.29) is 12.5 Å². The van der Waals surface area contributed by atoms with Crippen LogP contribution in [0.3, 0.4) is 0 Å². The molecule has 0 bridgehead atoms. The monoisotopic (exact) mass is 213 g/mol. The Morgan fingerprint density at radius 1 is 1.33 bits per heavy atom. The summed E-state index contributed by atoms with van der Waals surface area (Å²) in [6.45, 7) is 2.35. The first kappa shape index (κ1) is 12.5. The summed E-state index contributed by atoms with van der Waals surface area (Å²) in [6, 6.07) is 0.388. The first-order chi connectivity index (χ1) is 7.26. The zero-order chi connectivity index (χ0) is 11.1. The maximum Gasteiger partial charge on any atom is 0.220 e. The third-order valence-corrected chi connectivity index (χ3v) is 3.35. The Morgan fingerprint density at radius 3 is 2.53 bits per heavy atom. The molecular formula is C12H23NO2. The molecule has 3 nitrogen and oxygen atoms in total. The molecule has 1 fully saturated rings. The molecule has 0 aromatic heterocycles. The van der Waals surface area contributed by atoms with Crippen LogP contribution in [0.1, 0.15) is 51.9 Å². The number of aliphatic hydroxyl groups is 1. The summed E-state index contributed by atoms with van der Waals surface area (Å²) in [6.07, 6.45) is 7.07. The van der Waals surface area contributed by atoms with Gasteiger partial charge >= 0.3 is 0 Å². The third-order valence-electron chi connectivity index (χ3n) is 3.35. The van der Waals surface area contributed by atoms with Gasteiger partial charge in [-0.2, -0.15) is 0 Å². The van der Waals surface area contributed by atoms with E-state index in [4.69, 9.17) is 5.11 Å². The molecule has 0 aromatic carbocycles. The van der Waals surface area contributed by atoms with Gasteiger partial charge in [0.1, 0.15) is 0 Å². The lowest BCUT2D eigenvalue weighted by Crippen LogP contribution is -2.37. The van der Waals surface area contributed by atoms with E-state index in [1.54, 1.807) is 0 Å². The van der Waals surface area contributed by atoms with Crippen LogP contribution < -0.4 is 5.32 Å². The van der Waals surface area contributed by atoms with Gasteiger partial charge in [0.2, 0.25) is 5.91 Å². The molecule has 1 amide bonds. The van der Waals surface area contributed by atoms with Crippen LogP contribution in [-0.2, 0) is 4.79 Å². The van der Waals surface area contributed by atoms with Crippen LogP contribution in [0.2, 0.25) is 0 Å². The van der Waals surface area contributed by atoms with Gasteiger partial charge in [0.25, 0.3) is 0 Å². The van der Waals surface area contributed by atoms with Gasteiger partial charge in [0.05, 0.1) is 0 Å². The van der Waals surface area contributed by atoms with Gasteiger partial charge in [-0.05, 0) is 38.0 Å². The van der Waals surface area contributed by atoms with E-state index in [1.165, 1.54) is 19.3 Å². The van der Waals surface area contributed by atoms with Crippen LogP contribution in [0, 0.1) is 5.92 Å². The largest absolute Gasteiger partial charge is 0.396 e. The average molecular weight is 213 g/mol. The molecule has 1 saturated carbocycles.